The Labute approximate surface area is 207 Å². The molecule has 6 nitrogen and oxygen atoms in total. The minimum Gasteiger partial charge on any atom is -0.379 e. The Hall–Kier alpha value is -3.85. The van der Waals surface area contributed by atoms with E-state index in [1.54, 1.807) is 42.5 Å². The van der Waals surface area contributed by atoms with Gasteiger partial charge in [0.2, 0.25) is 0 Å². The molecule has 1 aromatic heterocycles. The maximum Gasteiger partial charge on any atom is 0.306 e. The molecule has 184 valence electrons. The molecular formula is C27H22F2N2O4S. The van der Waals surface area contributed by atoms with Gasteiger partial charge in [-0.25, -0.2) is 13.8 Å². The lowest BCUT2D eigenvalue weighted by atomic mass is 9.99. The average molecular weight is 509 g/mol. The molecule has 1 N–H and O–H groups in total. The van der Waals surface area contributed by atoms with Crippen LogP contribution in [-0.2, 0) is 10.1 Å². The van der Waals surface area contributed by atoms with E-state index in [1.807, 2.05) is 0 Å². The summed E-state index contributed by atoms with van der Waals surface area (Å²) in [5.74, 6) is -1.76. The van der Waals surface area contributed by atoms with Crippen molar-refractivity contribution in [1.29, 1.82) is 0 Å². The van der Waals surface area contributed by atoms with Crippen LogP contribution in [0.15, 0.2) is 72.8 Å². The second-order valence-corrected chi connectivity index (χ2v) is 10.4. The Bertz CT molecular complexity index is 1590. The van der Waals surface area contributed by atoms with E-state index in [4.69, 9.17) is 4.18 Å². The number of nitrogens with zero attached hydrogens (tertiary/aromatic N) is 1. The zero-order chi connectivity index (χ0) is 25.4. The Morgan fingerprint density at radius 1 is 1.00 bits per heavy atom. The predicted molar refractivity (Wildman–Crippen MR) is 132 cm³/mol. The maximum atomic E-state index is 14.1. The first-order valence-corrected chi connectivity index (χ1v) is 13.2. The number of hydrogen-bond donors (Lipinski definition) is 1. The van der Waals surface area contributed by atoms with Crippen LogP contribution in [0, 0.1) is 17.6 Å². The van der Waals surface area contributed by atoms with Crippen molar-refractivity contribution in [3.05, 3.63) is 95.6 Å². The zero-order valence-corrected chi connectivity index (χ0v) is 20.1. The molecule has 9 heteroatoms. The molecule has 1 heterocycles. The first-order valence-electron chi connectivity index (χ1n) is 11.3. The lowest BCUT2D eigenvalue weighted by molar-refractivity contribution is 0.0931. The third-order valence-corrected chi connectivity index (χ3v) is 6.46. The van der Waals surface area contributed by atoms with Gasteiger partial charge in [-0.15, -0.1) is 0 Å². The van der Waals surface area contributed by atoms with Crippen molar-refractivity contribution in [2.45, 2.75) is 18.9 Å². The first-order chi connectivity index (χ1) is 17.2. The molecule has 0 spiro atoms. The van der Waals surface area contributed by atoms with Crippen molar-refractivity contribution in [3.63, 3.8) is 0 Å². The van der Waals surface area contributed by atoms with Crippen LogP contribution in [-0.4, -0.2) is 25.6 Å². The minimum absolute atomic E-state index is 0.0116. The van der Waals surface area contributed by atoms with E-state index in [0.717, 1.165) is 19.1 Å². The molecule has 1 aliphatic carbocycles. The minimum atomic E-state index is -4.10. The van der Waals surface area contributed by atoms with Crippen molar-refractivity contribution in [2.24, 2.45) is 5.92 Å². The fourth-order valence-electron chi connectivity index (χ4n) is 4.30. The van der Waals surface area contributed by atoms with Crippen LogP contribution >= 0.6 is 0 Å². The van der Waals surface area contributed by atoms with E-state index in [0.29, 0.717) is 16.5 Å². The number of pyridine rings is 1. The molecule has 0 saturated heterocycles. The molecule has 5 rings (SSSR count). The van der Waals surface area contributed by atoms with Gasteiger partial charge in [0, 0.05) is 10.9 Å². The highest BCUT2D eigenvalue weighted by Gasteiger charge is 2.35. The first kappa shape index (κ1) is 23.9. The van der Waals surface area contributed by atoms with Gasteiger partial charge >= 0.3 is 10.1 Å². The van der Waals surface area contributed by atoms with Gasteiger partial charge in [-0.05, 0) is 54.7 Å². The number of carbonyl (C=O) groups excluding carboxylic acids is 1. The van der Waals surface area contributed by atoms with Gasteiger partial charge in [0.05, 0.1) is 23.4 Å². The van der Waals surface area contributed by atoms with E-state index in [9.17, 15) is 22.0 Å². The van der Waals surface area contributed by atoms with Crippen LogP contribution in [0.25, 0.3) is 22.2 Å². The van der Waals surface area contributed by atoms with Crippen LogP contribution in [0.4, 0.5) is 8.78 Å². The van der Waals surface area contributed by atoms with E-state index in [2.05, 4.69) is 10.3 Å². The van der Waals surface area contributed by atoms with Crippen LogP contribution in [0.3, 0.4) is 0 Å². The summed E-state index contributed by atoms with van der Waals surface area (Å²) >= 11 is 0. The topological polar surface area (TPSA) is 85.4 Å². The standard InChI is InChI=1S/C27H22F2N2O4S/c1-36(33,34)35-26-23(27(32)31-24(16-12-13-16)17-6-4-8-19(28)14-17)21-10-2-3-11-22(21)30-25(26)18-7-5-9-20(29)15-18/h2-11,14-16,24H,12-13H2,1H3,(H,31,32)/t24-/m0/s1. The molecule has 1 amide bonds. The lowest BCUT2D eigenvalue weighted by Crippen LogP contribution is -2.31. The Kier molecular flexibility index (Phi) is 6.17. The summed E-state index contributed by atoms with van der Waals surface area (Å²) in [5.41, 5.74) is 1.22. The van der Waals surface area contributed by atoms with Gasteiger partial charge in [0.15, 0.2) is 5.75 Å². The third kappa shape index (κ3) is 5.06. The van der Waals surface area contributed by atoms with Crippen molar-refractivity contribution in [2.75, 3.05) is 6.26 Å². The number of fused-ring (bicyclic) bond motifs is 1. The largest absolute Gasteiger partial charge is 0.379 e. The van der Waals surface area contributed by atoms with Gasteiger partial charge in [0.1, 0.15) is 17.3 Å². The van der Waals surface area contributed by atoms with Gasteiger partial charge in [0.25, 0.3) is 5.91 Å². The third-order valence-electron chi connectivity index (χ3n) is 6.00. The summed E-state index contributed by atoms with van der Waals surface area (Å²) in [5, 5.41) is 3.33. The number of nitrogens with one attached hydrogen (secondary N) is 1. The molecule has 36 heavy (non-hydrogen) atoms. The van der Waals surface area contributed by atoms with Crippen LogP contribution < -0.4 is 9.50 Å². The van der Waals surface area contributed by atoms with Gasteiger partial charge in [-0.1, -0.05) is 42.5 Å². The summed E-state index contributed by atoms with van der Waals surface area (Å²) in [6.07, 6.45) is 2.58. The van der Waals surface area contributed by atoms with Crippen molar-refractivity contribution in [3.8, 4) is 17.0 Å². The average Bonchev–Trinajstić information content (AvgIpc) is 3.66. The van der Waals surface area contributed by atoms with Crippen LogP contribution in [0.5, 0.6) is 5.75 Å². The summed E-state index contributed by atoms with van der Waals surface area (Å²) in [4.78, 5) is 18.4. The number of aromatic nitrogens is 1. The molecule has 1 atom stereocenters. The molecule has 1 saturated carbocycles. The summed E-state index contributed by atoms with van der Waals surface area (Å²) in [6.45, 7) is 0. The van der Waals surface area contributed by atoms with Crippen LogP contribution in [0.1, 0.15) is 34.8 Å². The van der Waals surface area contributed by atoms with Crippen molar-refractivity contribution < 1.29 is 26.2 Å². The number of amides is 1. The summed E-state index contributed by atoms with van der Waals surface area (Å²) in [7, 11) is -4.10. The van der Waals surface area contributed by atoms with Gasteiger partial charge in [-0.3, -0.25) is 4.79 Å². The predicted octanol–water partition coefficient (Wildman–Crippen LogP) is 5.40. The SMILES string of the molecule is CS(=O)(=O)Oc1c(-c2cccc(F)c2)nc2ccccc2c1C(=O)N[C@H](c1cccc(F)c1)C1CC1. The van der Waals surface area contributed by atoms with Gasteiger partial charge < -0.3 is 9.50 Å². The quantitative estimate of drug-likeness (QED) is 0.338. The highest BCUT2D eigenvalue weighted by molar-refractivity contribution is 7.86. The highest BCUT2D eigenvalue weighted by atomic mass is 32.2. The molecular weight excluding hydrogens is 486 g/mol. The molecule has 0 aliphatic heterocycles. The van der Waals surface area contributed by atoms with Crippen LogP contribution in [0.2, 0.25) is 0 Å². The zero-order valence-electron chi connectivity index (χ0n) is 19.2. The Balaban J connectivity index is 1.70. The highest BCUT2D eigenvalue weighted by Crippen LogP contribution is 2.42. The van der Waals surface area contributed by atoms with Crippen molar-refractivity contribution in [1.82, 2.24) is 10.3 Å². The molecule has 1 fully saturated rings. The fraction of sp³-hybridized carbons (Fsp3) is 0.185. The normalized spacial score (nSPS) is 14.4. The van der Waals surface area contributed by atoms with E-state index in [-0.39, 0.29) is 28.5 Å². The summed E-state index contributed by atoms with van der Waals surface area (Å²) < 4.78 is 57.9. The second kappa shape index (κ2) is 9.31. The molecule has 0 bridgehead atoms. The Morgan fingerprint density at radius 3 is 2.36 bits per heavy atom. The van der Waals surface area contributed by atoms with E-state index in [1.165, 1.54) is 30.3 Å². The molecule has 4 aromatic rings. The number of halogens is 2. The summed E-state index contributed by atoms with van der Waals surface area (Å²) in [6, 6.07) is 17.7. The smallest absolute Gasteiger partial charge is 0.306 e. The molecule has 0 radical (unpaired) electrons. The number of carbonyl (C=O) groups is 1. The monoisotopic (exact) mass is 508 g/mol. The maximum absolute atomic E-state index is 14.1. The van der Waals surface area contributed by atoms with E-state index >= 15 is 0 Å². The number of benzene rings is 3. The number of hydrogen-bond acceptors (Lipinski definition) is 5. The number of para-hydroxylation sites is 1. The number of rotatable bonds is 7. The molecule has 3 aromatic carbocycles. The van der Waals surface area contributed by atoms with Crippen molar-refractivity contribution >= 4 is 26.9 Å². The van der Waals surface area contributed by atoms with E-state index < -0.39 is 33.7 Å². The van der Waals surface area contributed by atoms with Gasteiger partial charge in [-0.2, -0.15) is 8.42 Å². The molecule has 0 unspecified atom stereocenters. The molecule has 1 aliphatic rings. The fourth-order valence-corrected chi connectivity index (χ4v) is 4.77. The lowest BCUT2D eigenvalue weighted by Gasteiger charge is -2.21. The second-order valence-electron chi connectivity index (χ2n) is 8.82. The Morgan fingerprint density at radius 2 is 1.69 bits per heavy atom.